The van der Waals surface area contributed by atoms with Crippen LogP contribution in [0.2, 0.25) is 0 Å². The fourth-order valence-corrected chi connectivity index (χ4v) is 2.59. The highest BCUT2D eigenvalue weighted by atomic mass is 32.2. The van der Waals surface area contributed by atoms with Crippen molar-refractivity contribution in [2.24, 2.45) is 0 Å². The molecule has 1 aliphatic rings. The molecule has 1 heterocycles. The highest BCUT2D eigenvalue weighted by Crippen LogP contribution is 2.35. The van der Waals surface area contributed by atoms with Crippen molar-refractivity contribution < 1.29 is 14.3 Å². The molecule has 0 aliphatic carbocycles. The van der Waals surface area contributed by atoms with Gasteiger partial charge in [0, 0.05) is 18.4 Å². The van der Waals surface area contributed by atoms with E-state index < -0.39 is 0 Å². The quantitative estimate of drug-likeness (QED) is 0.551. The van der Waals surface area contributed by atoms with Crippen molar-refractivity contribution in [2.45, 2.75) is 37.7 Å². The van der Waals surface area contributed by atoms with Gasteiger partial charge in [-0.3, -0.25) is 0 Å². The van der Waals surface area contributed by atoms with Crippen molar-refractivity contribution in [1.82, 2.24) is 0 Å². The maximum Gasteiger partial charge on any atom is 0.333 e. The molecule has 3 nitrogen and oxygen atoms in total. The molecule has 2 unspecified atom stereocenters. The summed E-state index contributed by atoms with van der Waals surface area (Å²) < 4.78 is 10.7. The largest absolute Gasteiger partial charge is 0.455 e. The molecule has 1 saturated heterocycles. The fourth-order valence-electron chi connectivity index (χ4n) is 1.43. The summed E-state index contributed by atoms with van der Waals surface area (Å²) in [5.41, 5.74) is 0.326. The summed E-state index contributed by atoms with van der Waals surface area (Å²) >= 11 is 1.69. The lowest BCUT2D eigenvalue weighted by Crippen LogP contribution is -2.39. The van der Waals surface area contributed by atoms with Crippen molar-refractivity contribution in [3.8, 4) is 0 Å². The number of carbonyl (C=O) groups is 1. The normalized spacial score (nSPS) is 31.0. The number of hydrogen-bond donors (Lipinski definition) is 0. The molecule has 0 N–H and O–H groups in total. The van der Waals surface area contributed by atoms with E-state index in [4.69, 9.17) is 9.47 Å². The van der Waals surface area contributed by atoms with Gasteiger partial charge in [0.25, 0.3) is 0 Å². The molecule has 2 atom stereocenters. The number of thioether (sulfide) groups is 1. The second-order valence-electron chi connectivity index (χ2n) is 4.13. The summed E-state index contributed by atoms with van der Waals surface area (Å²) in [4.78, 5) is 11.4. The van der Waals surface area contributed by atoms with Crippen LogP contribution < -0.4 is 0 Å². The van der Waals surface area contributed by atoms with Gasteiger partial charge in [0.1, 0.15) is 11.0 Å². The second kappa shape index (κ2) is 5.03. The Labute approximate surface area is 95.2 Å². The van der Waals surface area contributed by atoms with Crippen LogP contribution in [-0.4, -0.2) is 29.9 Å². The maximum absolute atomic E-state index is 11.4. The van der Waals surface area contributed by atoms with Gasteiger partial charge < -0.3 is 9.47 Å². The molecule has 0 aromatic carbocycles. The Morgan fingerprint density at radius 3 is 2.67 bits per heavy atom. The molecule has 0 amide bonds. The number of carbonyl (C=O) groups excluding carboxylic acids is 1. The van der Waals surface area contributed by atoms with Crippen LogP contribution in [0.1, 0.15) is 26.7 Å². The molecule has 1 rings (SSSR count). The maximum atomic E-state index is 11.4. The van der Waals surface area contributed by atoms with Crippen molar-refractivity contribution in [2.75, 3.05) is 12.9 Å². The van der Waals surface area contributed by atoms with E-state index in [0.717, 1.165) is 18.6 Å². The first-order valence-corrected chi connectivity index (χ1v) is 6.05. The zero-order valence-electron chi connectivity index (χ0n) is 9.54. The number of esters is 1. The Morgan fingerprint density at radius 1 is 1.60 bits per heavy atom. The number of ether oxygens (including phenoxy) is 2. The van der Waals surface area contributed by atoms with Gasteiger partial charge >= 0.3 is 5.97 Å². The Balaban J connectivity index is 2.48. The van der Waals surface area contributed by atoms with E-state index in [0.29, 0.717) is 5.57 Å². The highest BCUT2D eigenvalue weighted by Gasteiger charge is 2.35. The van der Waals surface area contributed by atoms with Crippen LogP contribution in [-0.2, 0) is 14.3 Å². The van der Waals surface area contributed by atoms with Crippen molar-refractivity contribution in [3.05, 3.63) is 12.2 Å². The zero-order valence-corrected chi connectivity index (χ0v) is 10.4. The predicted molar refractivity (Wildman–Crippen MR) is 61.8 cm³/mol. The average molecular weight is 230 g/mol. The van der Waals surface area contributed by atoms with E-state index in [2.05, 4.69) is 6.58 Å². The van der Waals surface area contributed by atoms with E-state index in [1.165, 1.54) is 0 Å². The van der Waals surface area contributed by atoms with Crippen molar-refractivity contribution >= 4 is 17.7 Å². The average Bonchev–Trinajstić information content (AvgIpc) is 2.18. The topological polar surface area (TPSA) is 35.5 Å². The molecule has 15 heavy (non-hydrogen) atoms. The van der Waals surface area contributed by atoms with Gasteiger partial charge in [0.15, 0.2) is 0 Å². The molecule has 0 aromatic heterocycles. The van der Waals surface area contributed by atoms with Gasteiger partial charge in [-0.05, 0) is 26.7 Å². The number of methoxy groups -OCH3 is 1. The van der Waals surface area contributed by atoms with E-state index in [1.54, 1.807) is 25.8 Å². The lowest BCUT2D eigenvalue weighted by molar-refractivity contribution is -0.152. The summed E-state index contributed by atoms with van der Waals surface area (Å²) in [5, 5.41) is 0. The molecular formula is C11H18O3S. The van der Waals surface area contributed by atoms with E-state index in [-0.39, 0.29) is 17.0 Å². The summed E-state index contributed by atoms with van der Waals surface area (Å²) in [6.45, 7) is 7.21. The van der Waals surface area contributed by atoms with Gasteiger partial charge in [-0.2, -0.15) is 0 Å². The SMILES string of the molecule is C=C(C)C(=O)OC1(C)CCC(OC)SC1. The number of hydrogen-bond acceptors (Lipinski definition) is 4. The molecule has 86 valence electrons. The summed E-state index contributed by atoms with van der Waals surface area (Å²) in [7, 11) is 1.71. The van der Waals surface area contributed by atoms with E-state index in [1.807, 2.05) is 6.92 Å². The number of rotatable bonds is 3. The molecule has 0 bridgehead atoms. The van der Waals surface area contributed by atoms with Crippen LogP contribution in [0.3, 0.4) is 0 Å². The summed E-state index contributed by atoms with van der Waals surface area (Å²) in [5.74, 6) is 0.485. The van der Waals surface area contributed by atoms with Crippen LogP contribution in [0.4, 0.5) is 0 Å². The first kappa shape index (κ1) is 12.6. The standard InChI is InChI=1S/C11H18O3S/c1-8(2)10(12)14-11(3)6-5-9(13-4)15-7-11/h9H,1,5-7H2,2-4H3. The predicted octanol–water partition coefficient (Wildman–Crippen LogP) is 2.36. The highest BCUT2D eigenvalue weighted by molar-refractivity contribution is 7.99. The minimum absolute atomic E-state index is 0.238. The van der Waals surface area contributed by atoms with Gasteiger partial charge in [-0.25, -0.2) is 4.79 Å². The molecule has 1 aliphatic heterocycles. The summed E-state index contributed by atoms with van der Waals surface area (Å²) in [6, 6.07) is 0. The van der Waals surface area contributed by atoms with Gasteiger partial charge in [0.2, 0.25) is 0 Å². The Hall–Kier alpha value is -0.480. The van der Waals surface area contributed by atoms with Crippen molar-refractivity contribution in [1.29, 1.82) is 0 Å². The first-order valence-electron chi connectivity index (χ1n) is 5.00. The van der Waals surface area contributed by atoms with Gasteiger partial charge in [-0.1, -0.05) is 6.58 Å². The van der Waals surface area contributed by atoms with Crippen LogP contribution in [0.25, 0.3) is 0 Å². The molecular weight excluding hydrogens is 212 g/mol. The lowest BCUT2D eigenvalue weighted by atomic mass is 10.0. The Morgan fingerprint density at radius 2 is 2.27 bits per heavy atom. The third-order valence-corrected chi connectivity index (χ3v) is 4.01. The van der Waals surface area contributed by atoms with Crippen molar-refractivity contribution in [3.63, 3.8) is 0 Å². The summed E-state index contributed by atoms with van der Waals surface area (Å²) in [6.07, 6.45) is 1.76. The molecule has 4 heteroatoms. The fraction of sp³-hybridized carbons (Fsp3) is 0.727. The zero-order chi connectivity index (χ0) is 11.5. The van der Waals surface area contributed by atoms with Crippen LogP contribution in [0, 0.1) is 0 Å². The lowest BCUT2D eigenvalue weighted by Gasteiger charge is -2.35. The third kappa shape index (κ3) is 3.54. The Bertz CT molecular complexity index is 255. The van der Waals surface area contributed by atoms with E-state index >= 15 is 0 Å². The molecule has 0 aromatic rings. The van der Waals surface area contributed by atoms with E-state index in [9.17, 15) is 4.79 Å². The van der Waals surface area contributed by atoms with Crippen LogP contribution in [0.5, 0.6) is 0 Å². The minimum atomic E-state index is -0.365. The molecule has 0 saturated carbocycles. The monoisotopic (exact) mass is 230 g/mol. The molecule has 1 fully saturated rings. The van der Waals surface area contributed by atoms with Gasteiger partial charge in [-0.15, -0.1) is 11.8 Å². The van der Waals surface area contributed by atoms with Crippen LogP contribution >= 0.6 is 11.8 Å². The molecule has 0 radical (unpaired) electrons. The third-order valence-electron chi connectivity index (χ3n) is 2.43. The molecule has 0 spiro atoms. The van der Waals surface area contributed by atoms with Gasteiger partial charge in [0.05, 0.1) is 0 Å². The Kier molecular flexibility index (Phi) is 4.22. The smallest absolute Gasteiger partial charge is 0.333 e. The first-order chi connectivity index (χ1) is 6.97. The van der Waals surface area contributed by atoms with Crippen LogP contribution in [0.15, 0.2) is 12.2 Å². The minimum Gasteiger partial charge on any atom is -0.455 e. The second-order valence-corrected chi connectivity index (χ2v) is 5.28.